The fraction of sp³-hybridized carbons (Fsp3) is 0.818. The van der Waals surface area contributed by atoms with Gasteiger partial charge in [0, 0.05) is 5.33 Å². The number of rotatable bonds is 10. The van der Waals surface area contributed by atoms with Crippen molar-refractivity contribution < 1.29 is 19.8 Å². The van der Waals surface area contributed by atoms with Crippen LogP contribution in [0.15, 0.2) is 0 Å². The van der Waals surface area contributed by atoms with Gasteiger partial charge in [-0.3, -0.25) is 9.59 Å². The molecule has 0 aromatic carbocycles. The van der Waals surface area contributed by atoms with Crippen molar-refractivity contribution >= 4 is 27.9 Å². The second-order valence-electron chi connectivity index (χ2n) is 3.83. The van der Waals surface area contributed by atoms with Gasteiger partial charge in [-0.1, -0.05) is 48.0 Å². The molecule has 94 valence electrons. The largest absolute Gasteiger partial charge is 0.481 e. The fourth-order valence-electron chi connectivity index (χ4n) is 1.50. The van der Waals surface area contributed by atoms with Gasteiger partial charge in [0.25, 0.3) is 0 Å². The minimum atomic E-state index is -1.23. The highest BCUT2D eigenvalue weighted by Gasteiger charge is 2.24. The minimum absolute atomic E-state index is 0.239. The number of carbonyl (C=O) groups is 2. The predicted octanol–water partition coefficient (Wildman–Crippen LogP) is 2.90. The summed E-state index contributed by atoms with van der Waals surface area (Å²) in [6.45, 7) is 0. The normalized spacial score (nSPS) is 10.6. The highest BCUT2D eigenvalue weighted by atomic mass is 79.9. The Morgan fingerprint density at radius 2 is 1.31 bits per heavy atom. The van der Waals surface area contributed by atoms with E-state index >= 15 is 0 Å². The van der Waals surface area contributed by atoms with Crippen LogP contribution in [0.4, 0.5) is 0 Å². The standard InChI is InChI=1S/C11H19BrO4/c12-8-6-4-2-1-3-5-7-9(10(13)14)11(15)16/h9H,1-8H2,(H,13,14)(H,15,16). The Hall–Kier alpha value is -0.580. The van der Waals surface area contributed by atoms with Gasteiger partial charge >= 0.3 is 11.9 Å². The van der Waals surface area contributed by atoms with E-state index in [-0.39, 0.29) is 6.42 Å². The van der Waals surface area contributed by atoms with Crippen molar-refractivity contribution in [2.24, 2.45) is 5.92 Å². The quantitative estimate of drug-likeness (QED) is 0.369. The van der Waals surface area contributed by atoms with E-state index in [1.54, 1.807) is 0 Å². The molecule has 16 heavy (non-hydrogen) atoms. The summed E-state index contributed by atoms with van der Waals surface area (Å²) in [5.74, 6) is -3.69. The smallest absolute Gasteiger partial charge is 0.317 e. The predicted molar refractivity (Wildman–Crippen MR) is 64.9 cm³/mol. The highest BCUT2D eigenvalue weighted by Crippen LogP contribution is 2.13. The number of halogens is 1. The topological polar surface area (TPSA) is 74.6 Å². The molecule has 0 atom stereocenters. The molecule has 0 heterocycles. The Balaban J connectivity index is 3.48. The minimum Gasteiger partial charge on any atom is -0.481 e. The van der Waals surface area contributed by atoms with Crippen LogP contribution in [0.3, 0.4) is 0 Å². The molecule has 0 rings (SSSR count). The van der Waals surface area contributed by atoms with Gasteiger partial charge in [-0.2, -0.15) is 0 Å². The summed E-state index contributed by atoms with van der Waals surface area (Å²) < 4.78 is 0. The van der Waals surface area contributed by atoms with E-state index in [1.807, 2.05) is 0 Å². The maximum Gasteiger partial charge on any atom is 0.317 e. The average Bonchev–Trinajstić information content (AvgIpc) is 2.21. The molecule has 0 aliphatic heterocycles. The molecule has 0 saturated heterocycles. The zero-order chi connectivity index (χ0) is 12.4. The summed E-state index contributed by atoms with van der Waals surface area (Å²) in [6, 6.07) is 0. The molecule has 0 aromatic heterocycles. The number of unbranched alkanes of at least 4 members (excludes halogenated alkanes) is 5. The van der Waals surface area contributed by atoms with E-state index in [0.717, 1.165) is 31.0 Å². The maximum atomic E-state index is 10.6. The molecule has 0 aromatic rings. The van der Waals surface area contributed by atoms with Crippen LogP contribution in [0.2, 0.25) is 0 Å². The lowest BCUT2D eigenvalue weighted by atomic mass is 10.0. The Bertz CT molecular complexity index is 204. The zero-order valence-corrected chi connectivity index (χ0v) is 10.9. The third-order valence-electron chi connectivity index (χ3n) is 2.47. The van der Waals surface area contributed by atoms with E-state index in [0.29, 0.717) is 6.42 Å². The Labute approximate surface area is 104 Å². The second kappa shape index (κ2) is 9.63. The van der Waals surface area contributed by atoms with Crippen LogP contribution in [0, 0.1) is 5.92 Å². The summed E-state index contributed by atoms with van der Waals surface area (Å²) >= 11 is 3.35. The summed E-state index contributed by atoms with van der Waals surface area (Å²) in [7, 11) is 0. The van der Waals surface area contributed by atoms with Gasteiger partial charge in [-0.05, 0) is 12.8 Å². The number of carboxylic acid groups (broad SMARTS) is 2. The first-order chi connectivity index (χ1) is 7.59. The summed E-state index contributed by atoms with van der Waals surface area (Å²) in [6.07, 6.45) is 6.36. The van der Waals surface area contributed by atoms with E-state index in [9.17, 15) is 9.59 Å². The molecule has 0 unspecified atom stereocenters. The molecule has 0 aliphatic rings. The van der Waals surface area contributed by atoms with Crippen molar-refractivity contribution in [3.05, 3.63) is 0 Å². The number of aliphatic carboxylic acids is 2. The molecule has 0 radical (unpaired) electrons. The summed E-state index contributed by atoms with van der Waals surface area (Å²) in [5.41, 5.74) is 0. The molecule has 0 spiro atoms. The van der Waals surface area contributed by atoms with Crippen molar-refractivity contribution in [2.45, 2.75) is 44.9 Å². The van der Waals surface area contributed by atoms with Crippen LogP contribution >= 0.6 is 15.9 Å². The van der Waals surface area contributed by atoms with Gasteiger partial charge in [0.05, 0.1) is 0 Å². The second-order valence-corrected chi connectivity index (χ2v) is 4.62. The lowest BCUT2D eigenvalue weighted by molar-refractivity contribution is -0.154. The number of hydrogen-bond donors (Lipinski definition) is 2. The molecule has 4 nitrogen and oxygen atoms in total. The van der Waals surface area contributed by atoms with Gasteiger partial charge in [0.2, 0.25) is 0 Å². The van der Waals surface area contributed by atoms with Gasteiger partial charge in [0.15, 0.2) is 5.92 Å². The molecule has 0 bridgehead atoms. The lowest BCUT2D eigenvalue weighted by Gasteiger charge is -2.06. The average molecular weight is 295 g/mol. The van der Waals surface area contributed by atoms with Crippen LogP contribution in [-0.2, 0) is 9.59 Å². The zero-order valence-electron chi connectivity index (χ0n) is 9.32. The van der Waals surface area contributed by atoms with E-state index in [1.165, 1.54) is 6.42 Å². The lowest BCUT2D eigenvalue weighted by Crippen LogP contribution is -2.23. The number of alkyl halides is 1. The van der Waals surface area contributed by atoms with Crippen molar-refractivity contribution in [2.75, 3.05) is 5.33 Å². The highest BCUT2D eigenvalue weighted by molar-refractivity contribution is 9.09. The first kappa shape index (κ1) is 15.4. The van der Waals surface area contributed by atoms with Crippen LogP contribution in [0.25, 0.3) is 0 Å². The van der Waals surface area contributed by atoms with Crippen LogP contribution < -0.4 is 0 Å². The molecular weight excluding hydrogens is 276 g/mol. The van der Waals surface area contributed by atoms with E-state index < -0.39 is 17.9 Å². The SMILES string of the molecule is O=C(O)C(CCCCCCCCBr)C(=O)O. The monoisotopic (exact) mass is 294 g/mol. The van der Waals surface area contributed by atoms with Crippen molar-refractivity contribution in [3.63, 3.8) is 0 Å². The Kier molecular flexibility index (Phi) is 9.28. The first-order valence-electron chi connectivity index (χ1n) is 5.61. The third-order valence-corrected chi connectivity index (χ3v) is 3.03. The molecule has 0 fully saturated rings. The van der Waals surface area contributed by atoms with E-state index in [2.05, 4.69) is 15.9 Å². The fourth-order valence-corrected chi connectivity index (χ4v) is 1.90. The molecule has 0 aliphatic carbocycles. The van der Waals surface area contributed by atoms with Gasteiger partial charge in [-0.15, -0.1) is 0 Å². The van der Waals surface area contributed by atoms with Crippen LogP contribution in [0.5, 0.6) is 0 Å². The Morgan fingerprint density at radius 1 is 0.875 bits per heavy atom. The van der Waals surface area contributed by atoms with Crippen LogP contribution in [0.1, 0.15) is 44.9 Å². The van der Waals surface area contributed by atoms with Gasteiger partial charge < -0.3 is 10.2 Å². The van der Waals surface area contributed by atoms with E-state index in [4.69, 9.17) is 10.2 Å². The number of hydrogen-bond acceptors (Lipinski definition) is 2. The van der Waals surface area contributed by atoms with Gasteiger partial charge in [0.1, 0.15) is 0 Å². The van der Waals surface area contributed by atoms with Crippen molar-refractivity contribution in [3.8, 4) is 0 Å². The third kappa shape index (κ3) is 7.68. The molecular formula is C11H19BrO4. The van der Waals surface area contributed by atoms with Crippen LogP contribution in [-0.4, -0.2) is 27.5 Å². The first-order valence-corrected chi connectivity index (χ1v) is 6.73. The number of carboxylic acids is 2. The Morgan fingerprint density at radius 3 is 1.75 bits per heavy atom. The molecule has 0 amide bonds. The summed E-state index contributed by atoms with van der Waals surface area (Å²) in [4.78, 5) is 21.1. The molecule has 5 heteroatoms. The molecule has 2 N–H and O–H groups in total. The van der Waals surface area contributed by atoms with Crippen molar-refractivity contribution in [1.29, 1.82) is 0 Å². The van der Waals surface area contributed by atoms with Gasteiger partial charge in [-0.25, -0.2) is 0 Å². The maximum absolute atomic E-state index is 10.6. The molecule has 0 saturated carbocycles. The van der Waals surface area contributed by atoms with Crippen molar-refractivity contribution in [1.82, 2.24) is 0 Å². The summed E-state index contributed by atoms with van der Waals surface area (Å²) in [5, 5.41) is 18.3.